The molecule has 3 rings (SSSR count). The largest absolute Gasteiger partial charge is 0.366 e. The van der Waals surface area contributed by atoms with Crippen LogP contribution in [0.1, 0.15) is 24.2 Å². The monoisotopic (exact) mass is 396 g/mol. The van der Waals surface area contributed by atoms with Crippen molar-refractivity contribution in [3.8, 4) is 0 Å². The minimum atomic E-state index is -0.525. The number of para-hydroxylation sites is 2. The maximum atomic E-state index is 12.6. The van der Waals surface area contributed by atoms with E-state index in [-0.39, 0.29) is 23.1 Å². The molecular formula is C21H24N4O4. The van der Waals surface area contributed by atoms with Crippen molar-refractivity contribution in [1.82, 2.24) is 4.90 Å². The van der Waals surface area contributed by atoms with E-state index in [0.717, 1.165) is 5.69 Å². The fraction of sp³-hybridized carbons (Fsp3) is 0.333. The Morgan fingerprint density at radius 3 is 2.38 bits per heavy atom. The normalized spacial score (nSPS) is 14.0. The summed E-state index contributed by atoms with van der Waals surface area (Å²) in [5.74, 6) is -0.283. The second-order valence-corrected chi connectivity index (χ2v) is 7.25. The van der Waals surface area contributed by atoms with Crippen LogP contribution in [0, 0.1) is 16.0 Å². The van der Waals surface area contributed by atoms with Crippen molar-refractivity contribution in [2.75, 3.05) is 36.4 Å². The van der Waals surface area contributed by atoms with Gasteiger partial charge in [0.15, 0.2) is 0 Å². The number of piperazine rings is 1. The van der Waals surface area contributed by atoms with Crippen molar-refractivity contribution in [3.05, 3.63) is 64.2 Å². The SMILES string of the molecule is CC(C)C(=O)N1CCN(c2ccccc2NC(=O)c2cccc([N+](=O)[O-])c2)CC1. The highest BCUT2D eigenvalue weighted by Gasteiger charge is 2.24. The minimum Gasteiger partial charge on any atom is -0.366 e. The van der Waals surface area contributed by atoms with Crippen LogP contribution in [-0.2, 0) is 4.79 Å². The number of nitrogens with one attached hydrogen (secondary N) is 1. The number of carbonyl (C=O) groups is 2. The van der Waals surface area contributed by atoms with Crippen LogP contribution in [0.5, 0.6) is 0 Å². The molecular weight excluding hydrogens is 372 g/mol. The molecule has 1 fully saturated rings. The molecule has 0 saturated carbocycles. The number of amides is 2. The van der Waals surface area contributed by atoms with Crippen molar-refractivity contribution in [3.63, 3.8) is 0 Å². The van der Waals surface area contributed by atoms with Crippen LogP contribution in [0.4, 0.5) is 17.1 Å². The van der Waals surface area contributed by atoms with E-state index >= 15 is 0 Å². The number of anilines is 2. The molecule has 0 unspecified atom stereocenters. The Hall–Kier alpha value is -3.42. The molecule has 0 atom stereocenters. The summed E-state index contributed by atoms with van der Waals surface area (Å²) in [4.78, 5) is 39.2. The number of non-ortho nitro benzene ring substituents is 1. The van der Waals surface area contributed by atoms with E-state index in [2.05, 4.69) is 10.2 Å². The van der Waals surface area contributed by atoms with Crippen molar-refractivity contribution in [2.24, 2.45) is 5.92 Å². The second-order valence-electron chi connectivity index (χ2n) is 7.25. The fourth-order valence-electron chi connectivity index (χ4n) is 3.34. The molecule has 0 spiro atoms. The number of hydrogen-bond acceptors (Lipinski definition) is 5. The van der Waals surface area contributed by atoms with Crippen LogP contribution in [0.25, 0.3) is 0 Å². The van der Waals surface area contributed by atoms with E-state index < -0.39 is 10.8 Å². The first kappa shape index (κ1) is 20.3. The lowest BCUT2D eigenvalue weighted by molar-refractivity contribution is -0.384. The van der Waals surface area contributed by atoms with E-state index in [4.69, 9.17) is 0 Å². The van der Waals surface area contributed by atoms with Crippen molar-refractivity contribution < 1.29 is 14.5 Å². The van der Waals surface area contributed by atoms with Crippen molar-refractivity contribution in [1.29, 1.82) is 0 Å². The van der Waals surface area contributed by atoms with Gasteiger partial charge in [0.1, 0.15) is 0 Å². The molecule has 1 saturated heterocycles. The Bertz CT molecular complexity index is 920. The zero-order valence-electron chi connectivity index (χ0n) is 16.5. The Morgan fingerprint density at radius 2 is 1.72 bits per heavy atom. The summed E-state index contributed by atoms with van der Waals surface area (Å²) in [6.45, 7) is 6.39. The van der Waals surface area contributed by atoms with E-state index in [1.165, 1.54) is 18.2 Å². The predicted molar refractivity (Wildman–Crippen MR) is 111 cm³/mol. The number of nitro benzene ring substituents is 1. The smallest absolute Gasteiger partial charge is 0.270 e. The van der Waals surface area contributed by atoms with Gasteiger partial charge in [-0.15, -0.1) is 0 Å². The number of hydrogen-bond donors (Lipinski definition) is 1. The molecule has 8 heteroatoms. The number of nitro groups is 1. The molecule has 29 heavy (non-hydrogen) atoms. The Balaban J connectivity index is 1.73. The summed E-state index contributed by atoms with van der Waals surface area (Å²) in [7, 11) is 0. The maximum absolute atomic E-state index is 12.6. The van der Waals surface area contributed by atoms with Crippen LogP contribution in [-0.4, -0.2) is 47.8 Å². The van der Waals surface area contributed by atoms with Gasteiger partial charge in [-0.3, -0.25) is 19.7 Å². The van der Waals surface area contributed by atoms with Crippen LogP contribution in [0.3, 0.4) is 0 Å². The molecule has 152 valence electrons. The van der Waals surface area contributed by atoms with E-state index in [9.17, 15) is 19.7 Å². The van der Waals surface area contributed by atoms with Crippen LogP contribution < -0.4 is 10.2 Å². The summed E-state index contributed by atoms with van der Waals surface area (Å²) in [6, 6.07) is 13.1. The highest BCUT2D eigenvalue weighted by Crippen LogP contribution is 2.27. The first-order valence-electron chi connectivity index (χ1n) is 9.55. The minimum absolute atomic E-state index is 0.0250. The topological polar surface area (TPSA) is 95.8 Å². The molecule has 1 heterocycles. The van der Waals surface area contributed by atoms with Crippen LogP contribution in [0.2, 0.25) is 0 Å². The highest BCUT2D eigenvalue weighted by atomic mass is 16.6. The van der Waals surface area contributed by atoms with Gasteiger partial charge < -0.3 is 15.1 Å². The average Bonchev–Trinajstić information content (AvgIpc) is 2.73. The molecule has 2 aromatic rings. The van der Waals surface area contributed by atoms with Gasteiger partial charge in [0, 0.05) is 49.8 Å². The molecule has 0 aromatic heterocycles. The van der Waals surface area contributed by atoms with Crippen LogP contribution in [0.15, 0.2) is 48.5 Å². The number of benzene rings is 2. The van der Waals surface area contributed by atoms with Crippen molar-refractivity contribution >= 4 is 28.9 Å². The number of carbonyl (C=O) groups excluding carboxylic acids is 2. The average molecular weight is 396 g/mol. The quantitative estimate of drug-likeness (QED) is 0.619. The van der Waals surface area contributed by atoms with E-state index in [0.29, 0.717) is 31.9 Å². The van der Waals surface area contributed by atoms with Gasteiger partial charge in [-0.05, 0) is 18.2 Å². The molecule has 8 nitrogen and oxygen atoms in total. The summed E-state index contributed by atoms with van der Waals surface area (Å²) in [5.41, 5.74) is 1.59. The lowest BCUT2D eigenvalue weighted by Crippen LogP contribution is -2.50. The third kappa shape index (κ3) is 4.71. The molecule has 1 aliphatic heterocycles. The molecule has 0 bridgehead atoms. The maximum Gasteiger partial charge on any atom is 0.270 e. The summed E-state index contributed by atoms with van der Waals surface area (Å²) in [5, 5.41) is 13.8. The van der Waals surface area contributed by atoms with Gasteiger partial charge in [-0.1, -0.05) is 32.0 Å². The van der Waals surface area contributed by atoms with Gasteiger partial charge in [0.25, 0.3) is 11.6 Å². The van der Waals surface area contributed by atoms with Gasteiger partial charge >= 0.3 is 0 Å². The number of nitrogens with zero attached hydrogens (tertiary/aromatic N) is 3. The Morgan fingerprint density at radius 1 is 1.03 bits per heavy atom. The summed E-state index contributed by atoms with van der Waals surface area (Å²) >= 11 is 0. The van der Waals surface area contributed by atoms with Gasteiger partial charge in [-0.25, -0.2) is 0 Å². The number of rotatable bonds is 5. The van der Waals surface area contributed by atoms with Gasteiger partial charge in [0.05, 0.1) is 16.3 Å². The zero-order valence-corrected chi connectivity index (χ0v) is 16.5. The van der Waals surface area contributed by atoms with Crippen LogP contribution >= 0.6 is 0 Å². The zero-order chi connectivity index (χ0) is 21.0. The molecule has 1 N–H and O–H groups in total. The lowest BCUT2D eigenvalue weighted by Gasteiger charge is -2.37. The predicted octanol–water partition coefficient (Wildman–Crippen LogP) is 3.15. The molecule has 2 amide bonds. The first-order valence-corrected chi connectivity index (χ1v) is 9.55. The summed E-state index contributed by atoms with van der Waals surface area (Å²) < 4.78 is 0. The Labute approximate surface area is 169 Å². The standard InChI is InChI=1S/C21H24N4O4/c1-15(2)21(27)24-12-10-23(11-13-24)19-9-4-3-8-18(19)22-20(26)16-6-5-7-17(14-16)25(28)29/h3-9,14-15H,10-13H2,1-2H3,(H,22,26). The lowest BCUT2D eigenvalue weighted by atomic mass is 10.1. The Kier molecular flexibility index (Phi) is 6.11. The third-order valence-corrected chi connectivity index (χ3v) is 4.90. The van der Waals surface area contributed by atoms with Crippen molar-refractivity contribution in [2.45, 2.75) is 13.8 Å². The molecule has 1 aliphatic rings. The molecule has 0 radical (unpaired) electrons. The van der Waals surface area contributed by atoms with Gasteiger partial charge in [-0.2, -0.15) is 0 Å². The second kappa shape index (κ2) is 8.72. The third-order valence-electron chi connectivity index (χ3n) is 4.90. The van der Waals surface area contributed by atoms with E-state index in [1.807, 2.05) is 36.9 Å². The van der Waals surface area contributed by atoms with E-state index in [1.54, 1.807) is 12.1 Å². The highest BCUT2D eigenvalue weighted by molar-refractivity contribution is 6.06. The van der Waals surface area contributed by atoms with Gasteiger partial charge in [0.2, 0.25) is 5.91 Å². The fourth-order valence-corrected chi connectivity index (χ4v) is 3.34. The molecule has 0 aliphatic carbocycles. The first-order chi connectivity index (χ1) is 13.9. The summed E-state index contributed by atoms with van der Waals surface area (Å²) in [6.07, 6.45) is 0. The molecule has 2 aromatic carbocycles.